The van der Waals surface area contributed by atoms with E-state index in [-0.39, 0.29) is 24.1 Å². The average Bonchev–Trinajstić information content (AvgIpc) is 3.29. The van der Waals surface area contributed by atoms with Crippen LogP contribution in [-0.4, -0.2) is 50.4 Å². The van der Waals surface area contributed by atoms with E-state index in [1.807, 2.05) is 32.0 Å². The molecular weight excluding hydrogens is 508 g/mol. The number of fused-ring (bicyclic) bond motifs is 1. The summed E-state index contributed by atoms with van der Waals surface area (Å²) in [6, 6.07) is 9.23. The quantitative estimate of drug-likeness (QED) is 0.304. The number of rotatable bonds is 6. The molecule has 0 bridgehead atoms. The molecule has 9 nitrogen and oxygen atoms in total. The Morgan fingerprint density at radius 2 is 1.95 bits per heavy atom. The third-order valence-corrected chi connectivity index (χ3v) is 7.21. The molecule has 0 spiro atoms. The Morgan fingerprint density at radius 1 is 1.18 bits per heavy atom. The summed E-state index contributed by atoms with van der Waals surface area (Å²) in [4.78, 5) is 33.9. The van der Waals surface area contributed by atoms with Crippen LogP contribution in [0.2, 0.25) is 5.02 Å². The van der Waals surface area contributed by atoms with Crippen LogP contribution in [0.15, 0.2) is 39.6 Å². The van der Waals surface area contributed by atoms with Crippen LogP contribution in [0.5, 0.6) is 5.75 Å². The van der Waals surface area contributed by atoms with Crippen LogP contribution in [0.4, 0.5) is 4.79 Å². The lowest BCUT2D eigenvalue weighted by Crippen LogP contribution is -2.43. The van der Waals surface area contributed by atoms with Crippen molar-refractivity contribution in [3.63, 3.8) is 0 Å². The largest absolute Gasteiger partial charge is 0.492 e. The Morgan fingerprint density at radius 3 is 2.63 bits per heavy atom. The number of nitrogens with zero attached hydrogens (tertiary/aromatic N) is 3. The first-order chi connectivity index (χ1) is 18.2. The molecule has 4 aromatic rings. The lowest BCUT2D eigenvalue weighted by Gasteiger charge is -2.33. The molecule has 0 aliphatic carbocycles. The number of H-pyrrole nitrogens is 1. The van der Waals surface area contributed by atoms with Gasteiger partial charge in [-0.1, -0.05) is 46.1 Å². The Hall–Kier alpha value is -3.85. The summed E-state index contributed by atoms with van der Waals surface area (Å²) in [5.74, 6) is 1.14. The lowest BCUT2D eigenvalue weighted by molar-refractivity contribution is 0.0969. The van der Waals surface area contributed by atoms with Crippen molar-refractivity contribution in [1.82, 2.24) is 20.0 Å². The number of aryl methyl sites for hydroxylation is 3. The minimum Gasteiger partial charge on any atom is -0.492 e. The fraction of sp³-hybridized carbons (Fsp3) is 0.357. The van der Waals surface area contributed by atoms with E-state index in [1.54, 1.807) is 19.1 Å². The molecule has 2 aromatic carbocycles. The van der Waals surface area contributed by atoms with Crippen molar-refractivity contribution in [2.45, 2.75) is 52.5 Å². The molecule has 198 valence electrons. The van der Waals surface area contributed by atoms with Crippen LogP contribution in [0.1, 0.15) is 42.6 Å². The second-order valence-electron chi connectivity index (χ2n) is 9.82. The van der Waals surface area contributed by atoms with E-state index in [4.69, 9.17) is 20.9 Å². The Bertz CT molecular complexity index is 1560. The van der Waals surface area contributed by atoms with Gasteiger partial charge in [-0.15, -0.1) is 0 Å². The number of ether oxygens (including phenoxy) is 1. The van der Waals surface area contributed by atoms with Crippen LogP contribution in [0, 0.1) is 20.8 Å². The number of benzene rings is 2. The molecule has 1 unspecified atom stereocenters. The van der Waals surface area contributed by atoms with Crippen LogP contribution in [-0.2, 0) is 0 Å². The Labute approximate surface area is 224 Å². The number of carboxylic acid groups (broad SMARTS) is 1. The molecule has 3 heterocycles. The van der Waals surface area contributed by atoms with Crippen LogP contribution >= 0.6 is 11.6 Å². The maximum Gasteiger partial charge on any atom is 0.407 e. The molecule has 0 saturated carbocycles. The van der Waals surface area contributed by atoms with Crippen LogP contribution in [0.3, 0.4) is 0 Å². The van der Waals surface area contributed by atoms with Crippen molar-refractivity contribution < 1.29 is 19.2 Å². The highest BCUT2D eigenvalue weighted by Crippen LogP contribution is 2.39. The van der Waals surface area contributed by atoms with E-state index < -0.39 is 6.09 Å². The molecule has 1 fully saturated rings. The van der Waals surface area contributed by atoms with E-state index in [0.717, 1.165) is 36.0 Å². The van der Waals surface area contributed by atoms with Crippen molar-refractivity contribution in [2.24, 2.45) is 0 Å². The maximum atomic E-state index is 13.4. The van der Waals surface area contributed by atoms with Gasteiger partial charge in [0.2, 0.25) is 0 Å². The summed E-state index contributed by atoms with van der Waals surface area (Å²) < 4.78 is 11.7. The highest BCUT2D eigenvalue weighted by Gasteiger charge is 2.27. The molecular formula is C28H29ClN4O5. The van der Waals surface area contributed by atoms with E-state index >= 15 is 0 Å². The zero-order valence-corrected chi connectivity index (χ0v) is 22.3. The second-order valence-corrected chi connectivity index (χ2v) is 10.2. The predicted octanol–water partition coefficient (Wildman–Crippen LogP) is 6.13. The normalized spacial score (nSPS) is 15.7. The smallest absolute Gasteiger partial charge is 0.407 e. The molecule has 1 amide bonds. The van der Waals surface area contributed by atoms with Gasteiger partial charge in [-0.2, -0.15) is 4.98 Å². The van der Waals surface area contributed by atoms with Gasteiger partial charge in [-0.3, -0.25) is 4.79 Å². The monoisotopic (exact) mass is 536 g/mol. The van der Waals surface area contributed by atoms with Gasteiger partial charge in [0.25, 0.3) is 11.4 Å². The van der Waals surface area contributed by atoms with E-state index in [9.17, 15) is 14.7 Å². The average molecular weight is 537 g/mol. The summed E-state index contributed by atoms with van der Waals surface area (Å²) in [6.07, 6.45) is 2.21. The number of halogens is 1. The number of aromatic nitrogens is 3. The third kappa shape index (κ3) is 5.11. The number of likely N-dealkylation sites (tertiary alicyclic amines) is 1. The van der Waals surface area contributed by atoms with Crippen molar-refractivity contribution in [1.29, 1.82) is 0 Å². The number of pyridine rings is 1. The molecule has 38 heavy (non-hydrogen) atoms. The Kier molecular flexibility index (Phi) is 7.12. The van der Waals surface area contributed by atoms with Crippen LogP contribution < -0.4 is 10.3 Å². The molecule has 2 N–H and O–H groups in total. The minimum absolute atomic E-state index is 0.134. The second kappa shape index (κ2) is 10.5. The van der Waals surface area contributed by atoms with Gasteiger partial charge in [0.05, 0.1) is 28.3 Å². The van der Waals surface area contributed by atoms with Gasteiger partial charge in [-0.05, 0) is 57.7 Å². The molecule has 2 aromatic heterocycles. The molecule has 0 radical (unpaired) electrons. The van der Waals surface area contributed by atoms with Gasteiger partial charge >= 0.3 is 6.09 Å². The van der Waals surface area contributed by atoms with E-state index in [2.05, 4.69) is 15.1 Å². The van der Waals surface area contributed by atoms with Gasteiger partial charge < -0.3 is 24.3 Å². The van der Waals surface area contributed by atoms with Gasteiger partial charge in [0, 0.05) is 24.4 Å². The topological polar surface area (TPSA) is 122 Å². The number of piperidine rings is 1. The number of amides is 1. The van der Waals surface area contributed by atoms with Crippen LogP contribution in [0.25, 0.3) is 33.5 Å². The minimum atomic E-state index is -0.915. The zero-order valence-electron chi connectivity index (χ0n) is 21.5. The maximum absolute atomic E-state index is 13.4. The summed E-state index contributed by atoms with van der Waals surface area (Å²) in [5, 5.41) is 14.5. The summed E-state index contributed by atoms with van der Waals surface area (Å²) in [6.45, 7) is 6.44. The van der Waals surface area contributed by atoms with E-state index in [0.29, 0.717) is 51.6 Å². The van der Waals surface area contributed by atoms with Crippen molar-refractivity contribution in [2.75, 3.05) is 13.2 Å². The third-order valence-electron chi connectivity index (χ3n) is 6.89. The molecule has 1 saturated heterocycles. The number of nitrogens with one attached hydrogen (secondary N) is 1. The van der Waals surface area contributed by atoms with Gasteiger partial charge in [-0.25, -0.2) is 4.79 Å². The fourth-order valence-electron chi connectivity index (χ4n) is 5.24. The molecule has 1 aliphatic rings. The van der Waals surface area contributed by atoms with Crippen molar-refractivity contribution in [3.8, 4) is 28.3 Å². The fourth-order valence-corrected chi connectivity index (χ4v) is 5.48. The lowest BCUT2D eigenvalue weighted by atomic mass is 9.98. The Balaban J connectivity index is 1.62. The van der Waals surface area contributed by atoms with Crippen molar-refractivity contribution >= 4 is 28.6 Å². The number of aromatic amines is 1. The van der Waals surface area contributed by atoms with Crippen molar-refractivity contribution in [3.05, 3.63) is 62.7 Å². The first kappa shape index (κ1) is 25.8. The summed E-state index contributed by atoms with van der Waals surface area (Å²) >= 11 is 6.55. The highest BCUT2D eigenvalue weighted by molar-refractivity contribution is 6.34. The molecule has 1 atom stereocenters. The SMILES string of the molecule is Cc1cc(C)cc(-c2c(OCCC3CCCCN3C(=O)O)c3cc(-c4nc(C)no4)c(Cl)cc3[nH]c2=O)c1. The van der Waals surface area contributed by atoms with Gasteiger partial charge in [0.1, 0.15) is 5.75 Å². The predicted molar refractivity (Wildman–Crippen MR) is 145 cm³/mol. The summed E-state index contributed by atoms with van der Waals surface area (Å²) in [7, 11) is 0. The van der Waals surface area contributed by atoms with Gasteiger partial charge in [0.15, 0.2) is 5.82 Å². The standard InChI is InChI=1S/C28H29ClN4O5/c1-15-10-16(2)12-18(11-15)24-25(37-9-7-19-6-4-5-8-33(19)28(35)36)21-13-20(27-30-17(3)32-38-27)22(29)14-23(21)31-26(24)34/h10-14,19H,4-9H2,1-3H3,(H,31,34)(H,35,36). The number of hydrogen-bond acceptors (Lipinski definition) is 6. The molecule has 1 aliphatic heterocycles. The first-order valence-corrected chi connectivity index (χ1v) is 13.0. The number of carbonyl (C=O) groups is 1. The summed E-state index contributed by atoms with van der Waals surface area (Å²) in [5.41, 5.74) is 3.89. The highest BCUT2D eigenvalue weighted by atomic mass is 35.5. The molecule has 10 heteroatoms. The number of hydrogen-bond donors (Lipinski definition) is 2. The molecule has 5 rings (SSSR count). The van der Waals surface area contributed by atoms with E-state index in [1.165, 1.54) is 4.90 Å². The first-order valence-electron chi connectivity index (χ1n) is 12.6. The zero-order chi connectivity index (χ0) is 27.0.